The molecular weight excluding hydrogens is 278 g/mol. The monoisotopic (exact) mass is 303 g/mol. The van der Waals surface area contributed by atoms with Gasteiger partial charge in [0.1, 0.15) is 0 Å². The van der Waals surface area contributed by atoms with Gasteiger partial charge in [-0.3, -0.25) is 0 Å². The van der Waals surface area contributed by atoms with E-state index in [1.807, 2.05) is 29.3 Å². The minimum atomic E-state index is -0.411. The van der Waals surface area contributed by atoms with Gasteiger partial charge in [-0.1, -0.05) is 12.5 Å². The lowest BCUT2D eigenvalue weighted by Crippen LogP contribution is -2.30. The van der Waals surface area contributed by atoms with Crippen molar-refractivity contribution in [1.82, 2.24) is 5.32 Å². The maximum atomic E-state index is 9.73. The number of rotatable bonds is 12. The molecule has 1 atom stereocenters. The van der Waals surface area contributed by atoms with E-state index in [1.54, 1.807) is 11.3 Å². The zero-order chi connectivity index (χ0) is 13.8. The predicted molar refractivity (Wildman–Crippen MR) is 85.1 cm³/mol. The molecule has 5 heteroatoms. The smallest absolute Gasteiger partial charge is 0.0897 e. The van der Waals surface area contributed by atoms with Crippen LogP contribution >= 0.6 is 23.1 Å². The number of hydrogen-bond acceptors (Lipinski definition) is 5. The summed E-state index contributed by atoms with van der Waals surface area (Å²) in [5.74, 6) is 1.25. The Labute approximate surface area is 124 Å². The fourth-order valence-corrected chi connectivity index (χ4v) is 2.82. The summed E-state index contributed by atoms with van der Waals surface area (Å²) in [4.78, 5) is 1.20. The summed E-state index contributed by atoms with van der Waals surface area (Å²) >= 11 is 3.58. The third-order valence-electron chi connectivity index (χ3n) is 2.72. The summed E-state index contributed by atoms with van der Waals surface area (Å²) in [5, 5.41) is 15.0. The average molecular weight is 303 g/mol. The first kappa shape index (κ1) is 17.0. The summed E-state index contributed by atoms with van der Waals surface area (Å²) in [6.45, 7) is 2.60. The lowest BCUT2D eigenvalue weighted by molar-refractivity contribution is 0.0299. The van der Waals surface area contributed by atoms with Crippen molar-refractivity contribution in [3.8, 4) is 0 Å². The molecule has 0 amide bonds. The Kier molecular flexibility index (Phi) is 10.5. The van der Waals surface area contributed by atoms with E-state index in [-0.39, 0.29) is 0 Å². The van der Waals surface area contributed by atoms with Gasteiger partial charge in [0.25, 0.3) is 0 Å². The van der Waals surface area contributed by atoms with E-state index in [9.17, 15) is 5.11 Å². The Morgan fingerprint density at radius 1 is 1.42 bits per heavy atom. The summed E-state index contributed by atoms with van der Waals surface area (Å²) in [7, 11) is 0. The second kappa shape index (κ2) is 11.7. The fourth-order valence-electron chi connectivity index (χ4n) is 1.69. The van der Waals surface area contributed by atoms with Crippen molar-refractivity contribution in [2.45, 2.75) is 32.0 Å². The van der Waals surface area contributed by atoms with Crippen LogP contribution in [0.15, 0.2) is 17.5 Å². The van der Waals surface area contributed by atoms with Crippen LogP contribution in [0.4, 0.5) is 0 Å². The molecule has 1 aromatic rings. The topological polar surface area (TPSA) is 41.5 Å². The number of hydrogen-bond donors (Lipinski definition) is 2. The number of aliphatic hydroxyl groups excluding tert-OH is 1. The van der Waals surface area contributed by atoms with Crippen LogP contribution < -0.4 is 5.32 Å². The largest absolute Gasteiger partial charge is 0.389 e. The summed E-state index contributed by atoms with van der Waals surface area (Å²) < 4.78 is 5.47. The van der Waals surface area contributed by atoms with Gasteiger partial charge in [0.05, 0.1) is 19.3 Å². The van der Waals surface area contributed by atoms with E-state index < -0.39 is 6.10 Å². The lowest BCUT2D eigenvalue weighted by atomic mass is 10.2. The van der Waals surface area contributed by atoms with Crippen LogP contribution in [0, 0.1) is 0 Å². The number of nitrogens with one attached hydrogen (secondary N) is 1. The van der Waals surface area contributed by atoms with Crippen LogP contribution in [0.5, 0.6) is 0 Å². The summed E-state index contributed by atoms with van der Waals surface area (Å²) in [6, 6.07) is 4.06. The Balaban J connectivity index is 1.86. The Morgan fingerprint density at radius 2 is 2.32 bits per heavy atom. The second-order valence-electron chi connectivity index (χ2n) is 4.51. The van der Waals surface area contributed by atoms with Crippen LogP contribution in [0.3, 0.4) is 0 Å². The van der Waals surface area contributed by atoms with Gasteiger partial charge in [-0.05, 0) is 42.8 Å². The molecule has 1 rings (SSSR count). The molecule has 2 N–H and O–H groups in total. The van der Waals surface area contributed by atoms with Crippen LogP contribution in [0.1, 0.15) is 24.1 Å². The van der Waals surface area contributed by atoms with Gasteiger partial charge in [0.15, 0.2) is 0 Å². The number of aliphatic hydroxyl groups is 1. The third-order valence-corrected chi connectivity index (χ3v) is 4.26. The summed E-state index contributed by atoms with van der Waals surface area (Å²) in [6.07, 6.45) is 5.47. The maximum Gasteiger partial charge on any atom is 0.0897 e. The molecule has 0 aromatic carbocycles. The molecule has 19 heavy (non-hydrogen) atoms. The third kappa shape index (κ3) is 9.46. The highest BCUT2D eigenvalue weighted by molar-refractivity contribution is 7.98. The van der Waals surface area contributed by atoms with Crippen LogP contribution in [0.2, 0.25) is 0 Å². The normalized spacial score (nSPS) is 12.7. The van der Waals surface area contributed by atoms with Gasteiger partial charge in [-0.2, -0.15) is 11.8 Å². The van der Waals surface area contributed by atoms with Crippen LogP contribution in [0.25, 0.3) is 0 Å². The molecule has 0 saturated carbocycles. The molecule has 0 aliphatic carbocycles. The van der Waals surface area contributed by atoms with E-state index in [0.29, 0.717) is 19.8 Å². The molecule has 0 aliphatic heterocycles. The van der Waals surface area contributed by atoms with E-state index in [2.05, 4.69) is 11.6 Å². The minimum Gasteiger partial charge on any atom is -0.389 e. The maximum absolute atomic E-state index is 9.73. The van der Waals surface area contributed by atoms with Crippen molar-refractivity contribution in [2.75, 3.05) is 31.7 Å². The van der Waals surface area contributed by atoms with Crippen molar-refractivity contribution < 1.29 is 9.84 Å². The second-order valence-corrected chi connectivity index (χ2v) is 6.52. The van der Waals surface area contributed by atoms with Gasteiger partial charge in [0, 0.05) is 11.4 Å². The lowest BCUT2D eigenvalue weighted by Gasteiger charge is -2.12. The molecule has 0 radical (unpaired) electrons. The zero-order valence-electron chi connectivity index (χ0n) is 11.6. The van der Waals surface area contributed by atoms with Gasteiger partial charge < -0.3 is 15.2 Å². The molecule has 110 valence electrons. The average Bonchev–Trinajstić information content (AvgIpc) is 2.91. The van der Waals surface area contributed by atoms with E-state index in [1.165, 1.54) is 29.9 Å². The molecule has 0 bridgehead atoms. The molecule has 1 unspecified atom stereocenters. The molecule has 0 saturated heterocycles. The Hall–Kier alpha value is -0.0700. The van der Waals surface area contributed by atoms with Crippen LogP contribution in [-0.4, -0.2) is 42.9 Å². The van der Waals surface area contributed by atoms with E-state index in [0.717, 1.165) is 6.54 Å². The molecular formula is C14H25NO2S2. The molecule has 1 aromatic heterocycles. The highest BCUT2D eigenvalue weighted by Gasteiger charge is 2.04. The SMILES string of the molecule is CSCCCCCNCC(O)COCc1cccs1. The molecule has 1 heterocycles. The summed E-state index contributed by atoms with van der Waals surface area (Å²) in [5.41, 5.74) is 0. The van der Waals surface area contributed by atoms with Gasteiger partial charge >= 0.3 is 0 Å². The van der Waals surface area contributed by atoms with Gasteiger partial charge in [-0.25, -0.2) is 0 Å². The van der Waals surface area contributed by atoms with Gasteiger partial charge in [-0.15, -0.1) is 11.3 Å². The molecule has 3 nitrogen and oxygen atoms in total. The zero-order valence-corrected chi connectivity index (χ0v) is 13.3. The standard InChI is InChI=1S/C14H25NO2S2/c1-18-8-4-2-3-7-15-10-13(16)11-17-12-14-6-5-9-19-14/h5-6,9,13,15-16H,2-4,7-8,10-12H2,1H3. The quantitative estimate of drug-likeness (QED) is 0.583. The van der Waals surface area contributed by atoms with Crippen molar-refractivity contribution in [3.05, 3.63) is 22.4 Å². The van der Waals surface area contributed by atoms with Crippen molar-refractivity contribution in [1.29, 1.82) is 0 Å². The van der Waals surface area contributed by atoms with E-state index >= 15 is 0 Å². The molecule has 0 aliphatic rings. The minimum absolute atomic E-state index is 0.400. The van der Waals surface area contributed by atoms with Crippen LogP contribution in [-0.2, 0) is 11.3 Å². The number of thiophene rings is 1. The van der Waals surface area contributed by atoms with E-state index in [4.69, 9.17) is 4.74 Å². The first-order chi connectivity index (χ1) is 9.33. The van der Waals surface area contributed by atoms with Crippen molar-refractivity contribution in [3.63, 3.8) is 0 Å². The van der Waals surface area contributed by atoms with Crippen molar-refractivity contribution >= 4 is 23.1 Å². The van der Waals surface area contributed by atoms with Gasteiger partial charge in [0.2, 0.25) is 0 Å². The van der Waals surface area contributed by atoms with Crippen molar-refractivity contribution in [2.24, 2.45) is 0 Å². The Morgan fingerprint density at radius 3 is 3.05 bits per heavy atom. The fraction of sp³-hybridized carbons (Fsp3) is 0.714. The highest BCUT2D eigenvalue weighted by Crippen LogP contribution is 2.09. The predicted octanol–water partition coefficient (Wildman–Crippen LogP) is 2.75. The highest BCUT2D eigenvalue weighted by atomic mass is 32.2. The number of thioether (sulfide) groups is 1. The first-order valence-corrected chi connectivity index (χ1v) is 9.08. The number of ether oxygens (including phenoxy) is 1. The first-order valence-electron chi connectivity index (χ1n) is 6.80. The Bertz CT molecular complexity index is 294. The molecule has 0 spiro atoms. The number of unbranched alkanes of at least 4 members (excludes halogenated alkanes) is 2. The molecule has 0 fully saturated rings.